The summed E-state index contributed by atoms with van der Waals surface area (Å²) in [4.78, 5) is 2.00. The molecule has 1 unspecified atom stereocenters. The molecule has 1 atom stereocenters. The monoisotopic (exact) mass is 337 g/mol. The van der Waals surface area contributed by atoms with Gasteiger partial charge in [0.25, 0.3) is 0 Å². The predicted molar refractivity (Wildman–Crippen MR) is 94.4 cm³/mol. The second-order valence-electron chi connectivity index (χ2n) is 5.92. The molecule has 0 heterocycles. The highest BCUT2D eigenvalue weighted by Gasteiger charge is 2.34. The van der Waals surface area contributed by atoms with Crippen LogP contribution in [0.4, 0.5) is 13.2 Å². The molecule has 0 bridgehead atoms. The Bertz CT molecular complexity index is 624. The number of ether oxygens (including phenoxy) is 1. The molecule has 2 aromatic rings. The van der Waals surface area contributed by atoms with Gasteiger partial charge in [-0.2, -0.15) is 13.2 Å². The highest BCUT2D eigenvalue weighted by Crippen LogP contribution is 2.36. The first-order valence-corrected chi connectivity index (χ1v) is 7.57. The lowest BCUT2D eigenvalue weighted by Gasteiger charge is -2.19. The first kappa shape index (κ1) is 20.1. The summed E-state index contributed by atoms with van der Waals surface area (Å²) in [5.74, 6) is 0.351. The van der Waals surface area contributed by atoms with Gasteiger partial charge in [0, 0.05) is 0 Å². The standard InChI is InChI=1S/C15H14BF3O.C3H9N/c1-20-11-8-6-10(7-9-11)14(16)12-4-2-3-5-13(12)15(17,18)19;1-4(2)3/h2-9,14H,16H2,1H3;1-3H3. The zero-order valence-corrected chi connectivity index (χ0v) is 14.7. The molecular weight excluding hydrogens is 314 g/mol. The van der Waals surface area contributed by atoms with Gasteiger partial charge < -0.3 is 9.64 Å². The first-order valence-electron chi connectivity index (χ1n) is 7.57. The topological polar surface area (TPSA) is 12.5 Å². The molecule has 0 N–H and O–H groups in total. The average Bonchev–Trinajstić information content (AvgIpc) is 2.53. The number of nitrogens with zero attached hydrogens (tertiary/aromatic N) is 1. The maximum atomic E-state index is 13.0. The van der Waals surface area contributed by atoms with Crippen molar-refractivity contribution in [1.82, 2.24) is 4.90 Å². The third-order valence-corrected chi connectivity index (χ3v) is 3.35. The molecule has 0 fully saturated rings. The van der Waals surface area contributed by atoms with Crippen molar-refractivity contribution >= 4 is 7.85 Å². The van der Waals surface area contributed by atoms with Crippen molar-refractivity contribution in [3.8, 4) is 5.75 Å². The fourth-order valence-corrected chi connectivity index (χ4v) is 2.20. The van der Waals surface area contributed by atoms with Gasteiger partial charge in [0.05, 0.1) is 12.7 Å². The van der Waals surface area contributed by atoms with Gasteiger partial charge in [-0.05, 0) is 56.3 Å². The minimum Gasteiger partial charge on any atom is -0.497 e. The highest BCUT2D eigenvalue weighted by atomic mass is 19.4. The fraction of sp³-hybridized carbons (Fsp3) is 0.333. The number of rotatable bonds is 3. The number of hydrogen-bond donors (Lipinski definition) is 0. The van der Waals surface area contributed by atoms with Gasteiger partial charge in [0.2, 0.25) is 0 Å². The Morgan fingerprint density at radius 3 is 1.92 bits per heavy atom. The minimum atomic E-state index is -4.34. The van der Waals surface area contributed by atoms with Crippen LogP contribution < -0.4 is 4.74 Å². The fourth-order valence-electron chi connectivity index (χ4n) is 2.20. The lowest BCUT2D eigenvalue weighted by atomic mass is 9.74. The van der Waals surface area contributed by atoms with Crippen LogP contribution >= 0.6 is 0 Å². The minimum absolute atomic E-state index is 0.283. The number of methoxy groups -OCH3 is 1. The van der Waals surface area contributed by atoms with Crippen molar-refractivity contribution < 1.29 is 17.9 Å². The Hall–Kier alpha value is -1.95. The van der Waals surface area contributed by atoms with Crippen LogP contribution in [-0.4, -0.2) is 41.0 Å². The van der Waals surface area contributed by atoms with Crippen LogP contribution in [0.2, 0.25) is 0 Å². The molecule has 0 aliphatic rings. The van der Waals surface area contributed by atoms with E-state index in [1.165, 1.54) is 12.1 Å². The summed E-state index contributed by atoms with van der Waals surface area (Å²) in [5.41, 5.74) is 0.524. The van der Waals surface area contributed by atoms with Crippen molar-refractivity contribution in [3.05, 3.63) is 65.2 Å². The van der Waals surface area contributed by atoms with E-state index in [2.05, 4.69) is 0 Å². The van der Waals surface area contributed by atoms with Gasteiger partial charge in [-0.25, -0.2) is 0 Å². The Morgan fingerprint density at radius 2 is 1.46 bits per heavy atom. The van der Waals surface area contributed by atoms with Crippen LogP contribution in [0.25, 0.3) is 0 Å². The summed E-state index contributed by atoms with van der Waals surface area (Å²) in [7, 11) is 9.32. The van der Waals surface area contributed by atoms with E-state index >= 15 is 0 Å². The Morgan fingerprint density at radius 1 is 0.958 bits per heavy atom. The molecule has 0 amide bonds. The third kappa shape index (κ3) is 5.93. The molecule has 2 nitrogen and oxygen atoms in total. The molecule has 0 aliphatic carbocycles. The van der Waals surface area contributed by atoms with Gasteiger partial charge in [-0.15, -0.1) is 0 Å². The Balaban J connectivity index is 0.000000648. The number of halogens is 3. The zero-order valence-electron chi connectivity index (χ0n) is 14.7. The zero-order chi connectivity index (χ0) is 18.3. The Labute approximate surface area is 142 Å². The van der Waals surface area contributed by atoms with E-state index in [4.69, 9.17) is 4.74 Å². The van der Waals surface area contributed by atoms with Crippen molar-refractivity contribution in [2.75, 3.05) is 28.3 Å². The van der Waals surface area contributed by atoms with Gasteiger partial charge in [0.1, 0.15) is 13.6 Å². The molecule has 6 heteroatoms. The van der Waals surface area contributed by atoms with E-state index in [0.717, 1.165) is 11.6 Å². The van der Waals surface area contributed by atoms with E-state index in [1.54, 1.807) is 45.3 Å². The van der Waals surface area contributed by atoms with Crippen LogP contribution in [0.3, 0.4) is 0 Å². The van der Waals surface area contributed by atoms with E-state index in [0.29, 0.717) is 5.75 Å². The maximum absolute atomic E-state index is 13.0. The molecule has 24 heavy (non-hydrogen) atoms. The van der Waals surface area contributed by atoms with Gasteiger partial charge in [-0.3, -0.25) is 0 Å². The summed E-state index contributed by atoms with van der Waals surface area (Å²) in [6.07, 6.45) is -4.34. The summed E-state index contributed by atoms with van der Waals surface area (Å²) in [6.45, 7) is 0. The van der Waals surface area contributed by atoms with E-state index in [-0.39, 0.29) is 11.4 Å². The SMILES string of the molecule is BC(c1ccc(OC)cc1)c1ccccc1C(F)(F)F.CN(C)C. The second-order valence-corrected chi connectivity index (χ2v) is 5.92. The largest absolute Gasteiger partial charge is 0.497 e. The van der Waals surface area contributed by atoms with Crippen molar-refractivity contribution in [2.24, 2.45) is 0 Å². The van der Waals surface area contributed by atoms with Gasteiger partial charge in [-0.1, -0.05) is 30.3 Å². The van der Waals surface area contributed by atoms with E-state index in [9.17, 15) is 13.2 Å². The summed E-state index contributed by atoms with van der Waals surface area (Å²) in [6, 6.07) is 12.8. The third-order valence-electron chi connectivity index (χ3n) is 3.35. The molecule has 0 aliphatic heterocycles. The van der Waals surface area contributed by atoms with Crippen molar-refractivity contribution in [3.63, 3.8) is 0 Å². The molecule has 0 saturated heterocycles. The van der Waals surface area contributed by atoms with Gasteiger partial charge >= 0.3 is 6.18 Å². The highest BCUT2D eigenvalue weighted by molar-refractivity contribution is 6.14. The van der Waals surface area contributed by atoms with E-state index < -0.39 is 11.7 Å². The summed E-state index contributed by atoms with van der Waals surface area (Å²) in [5, 5.41) is 0. The normalized spacial score (nSPS) is 12.3. The van der Waals surface area contributed by atoms with Crippen molar-refractivity contribution in [1.29, 1.82) is 0 Å². The smallest absolute Gasteiger partial charge is 0.416 e. The second kappa shape index (κ2) is 8.78. The number of benzene rings is 2. The first-order chi connectivity index (χ1) is 11.2. The molecule has 0 spiro atoms. The van der Waals surface area contributed by atoms with Crippen LogP contribution in [0.15, 0.2) is 48.5 Å². The lowest BCUT2D eigenvalue weighted by Crippen LogP contribution is -2.12. The summed E-state index contributed by atoms with van der Waals surface area (Å²) >= 11 is 0. The van der Waals surface area contributed by atoms with E-state index in [1.807, 2.05) is 26.0 Å². The quantitative estimate of drug-likeness (QED) is 0.794. The van der Waals surface area contributed by atoms with Crippen LogP contribution in [0.1, 0.15) is 22.5 Å². The van der Waals surface area contributed by atoms with Crippen LogP contribution in [0, 0.1) is 0 Å². The average molecular weight is 337 g/mol. The predicted octanol–water partition coefficient (Wildman–Crippen LogP) is 3.61. The molecule has 0 aromatic heterocycles. The molecule has 0 radical (unpaired) electrons. The Kier molecular flexibility index (Phi) is 7.35. The number of hydrogen-bond acceptors (Lipinski definition) is 2. The number of alkyl halides is 3. The maximum Gasteiger partial charge on any atom is 0.416 e. The lowest BCUT2D eigenvalue weighted by molar-refractivity contribution is -0.138. The molecule has 2 aromatic carbocycles. The molecular formula is C18H23BF3NO. The molecule has 2 rings (SSSR count). The summed E-state index contributed by atoms with van der Waals surface area (Å²) < 4.78 is 44.1. The molecule has 130 valence electrons. The molecule has 0 saturated carbocycles. The van der Waals surface area contributed by atoms with Crippen LogP contribution in [0.5, 0.6) is 5.75 Å². The van der Waals surface area contributed by atoms with Crippen LogP contribution in [-0.2, 0) is 6.18 Å². The van der Waals surface area contributed by atoms with Gasteiger partial charge in [0.15, 0.2) is 0 Å². The van der Waals surface area contributed by atoms with Crippen molar-refractivity contribution in [2.45, 2.75) is 12.0 Å².